The van der Waals surface area contributed by atoms with Crippen LogP contribution in [0, 0.1) is 11.3 Å². The van der Waals surface area contributed by atoms with Crippen molar-refractivity contribution < 1.29 is 9.53 Å². The van der Waals surface area contributed by atoms with Crippen molar-refractivity contribution >= 4 is 27.3 Å². The fraction of sp³-hybridized carbons (Fsp3) is 0.526. The molecule has 0 radical (unpaired) electrons. The maximum absolute atomic E-state index is 13.0. The maximum Gasteiger partial charge on any atom is 0.263 e. The number of likely N-dealkylation sites (tertiary alicyclic amines) is 2. The van der Waals surface area contributed by atoms with E-state index in [1.165, 1.54) is 4.70 Å². The number of fused-ring (bicyclic) bond motifs is 1. The van der Waals surface area contributed by atoms with Crippen molar-refractivity contribution in [3.8, 4) is 0 Å². The number of hydrogen-bond donors (Lipinski definition) is 0. The molecule has 2 atom stereocenters. The number of carbonyl (C=O) groups excluding carboxylic acids is 1. The first-order valence-corrected chi connectivity index (χ1v) is 9.38. The fourth-order valence-electron chi connectivity index (χ4n) is 4.51. The zero-order valence-corrected chi connectivity index (χ0v) is 15.1. The molecule has 0 aliphatic carbocycles. The van der Waals surface area contributed by atoms with Crippen molar-refractivity contribution in [3.05, 3.63) is 35.2 Å². The van der Waals surface area contributed by atoms with Gasteiger partial charge in [-0.15, -0.1) is 11.3 Å². The van der Waals surface area contributed by atoms with Gasteiger partial charge in [0.1, 0.15) is 0 Å². The molecule has 1 aromatic carbocycles. The number of carbonyl (C=O) groups is 1. The Morgan fingerprint density at radius 1 is 1.38 bits per heavy atom. The van der Waals surface area contributed by atoms with Crippen molar-refractivity contribution in [3.63, 3.8) is 0 Å². The van der Waals surface area contributed by atoms with Crippen LogP contribution in [0.5, 0.6) is 0 Å². The van der Waals surface area contributed by atoms with Crippen LogP contribution in [0.25, 0.3) is 10.1 Å². The molecule has 1 spiro atoms. The topological polar surface area (TPSA) is 32.8 Å². The van der Waals surface area contributed by atoms with Crippen LogP contribution in [0.15, 0.2) is 30.3 Å². The Morgan fingerprint density at radius 2 is 2.21 bits per heavy atom. The summed E-state index contributed by atoms with van der Waals surface area (Å²) in [4.78, 5) is 18.3. The van der Waals surface area contributed by atoms with Crippen LogP contribution >= 0.6 is 11.3 Å². The molecular weight excluding hydrogens is 320 g/mol. The van der Waals surface area contributed by atoms with Crippen LogP contribution < -0.4 is 0 Å². The van der Waals surface area contributed by atoms with Crippen LogP contribution in [-0.4, -0.2) is 62.7 Å². The normalized spacial score (nSPS) is 27.6. The van der Waals surface area contributed by atoms with Crippen LogP contribution in [0.1, 0.15) is 16.1 Å². The van der Waals surface area contributed by atoms with E-state index in [2.05, 4.69) is 29.0 Å². The monoisotopic (exact) mass is 344 g/mol. The lowest BCUT2D eigenvalue weighted by Gasteiger charge is -2.29. The molecule has 0 N–H and O–H groups in total. The van der Waals surface area contributed by atoms with E-state index in [4.69, 9.17) is 4.74 Å². The molecule has 0 unspecified atom stereocenters. The maximum atomic E-state index is 13.0. The highest BCUT2D eigenvalue weighted by Gasteiger charge is 2.50. The molecule has 1 aromatic heterocycles. The summed E-state index contributed by atoms with van der Waals surface area (Å²) in [6.07, 6.45) is 1.09. The van der Waals surface area contributed by atoms with Crippen LogP contribution in [0.2, 0.25) is 0 Å². The summed E-state index contributed by atoms with van der Waals surface area (Å²) in [5, 5.41) is 1.16. The number of ether oxygens (including phenoxy) is 1. The first-order chi connectivity index (χ1) is 11.6. The molecule has 4 nitrogen and oxygen atoms in total. The largest absolute Gasteiger partial charge is 0.384 e. The zero-order chi connectivity index (χ0) is 16.7. The molecule has 128 valence electrons. The third kappa shape index (κ3) is 2.65. The van der Waals surface area contributed by atoms with E-state index >= 15 is 0 Å². The zero-order valence-electron chi connectivity index (χ0n) is 14.3. The number of rotatable bonds is 3. The summed E-state index contributed by atoms with van der Waals surface area (Å²) in [7, 11) is 3.95. The van der Waals surface area contributed by atoms with E-state index in [1.54, 1.807) is 18.4 Å². The number of nitrogens with zero attached hydrogens (tertiary/aromatic N) is 2. The Morgan fingerprint density at radius 3 is 3.00 bits per heavy atom. The summed E-state index contributed by atoms with van der Waals surface area (Å²) in [6.45, 7) is 4.64. The standard InChI is InChI=1S/C19H24N2O2S/c1-20-10-15(11-23-2)19(12-20)7-8-21(13-19)18(22)17-9-14-5-3-4-6-16(14)24-17/h3-6,9,15H,7-8,10-13H2,1-2H3/t15-,19-/m1/s1. The Hall–Kier alpha value is -1.43. The summed E-state index contributed by atoms with van der Waals surface area (Å²) in [5.74, 6) is 0.714. The van der Waals surface area contributed by atoms with E-state index in [9.17, 15) is 4.79 Å². The molecule has 2 fully saturated rings. The van der Waals surface area contributed by atoms with Crippen molar-refractivity contribution in [2.75, 3.05) is 46.9 Å². The number of amides is 1. The summed E-state index contributed by atoms with van der Waals surface area (Å²) in [6, 6.07) is 10.3. The van der Waals surface area contributed by atoms with Gasteiger partial charge in [0.15, 0.2) is 0 Å². The lowest BCUT2D eigenvalue weighted by atomic mass is 9.78. The third-order valence-electron chi connectivity index (χ3n) is 5.66. The average Bonchev–Trinajstić information content (AvgIpc) is 3.25. The molecule has 0 saturated carbocycles. The highest BCUT2D eigenvalue weighted by atomic mass is 32.1. The smallest absolute Gasteiger partial charge is 0.263 e. The van der Waals surface area contributed by atoms with Gasteiger partial charge in [0, 0.05) is 49.3 Å². The van der Waals surface area contributed by atoms with E-state index in [1.807, 2.05) is 18.2 Å². The van der Waals surface area contributed by atoms with Gasteiger partial charge in [0.05, 0.1) is 11.5 Å². The van der Waals surface area contributed by atoms with Gasteiger partial charge >= 0.3 is 0 Å². The molecule has 4 rings (SSSR count). The Kier molecular flexibility index (Phi) is 4.11. The minimum absolute atomic E-state index is 0.193. The minimum Gasteiger partial charge on any atom is -0.384 e. The van der Waals surface area contributed by atoms with Gasteiger partial charge in [-0.05, 0) is 31.0 Å². The second-order valence-electron chi connectivity index (χ2n) is 7.34. The van der Waals surface area contributed by atoms with Crippen molar-refractivity contribution in [2.24, 2.45) is 11.3 Å². The molecule has 1 amide bonds. The summed E-state index contributed by atoms with van der Waals surface area (Å²) in [5.41, 5.74) is 0.205. The van der Waals surface area contributed by atoms with Gasteiger partial charge in [0.25, 0.3) is 5.91 Å². The van der Waals surface area contributed by atoms with Crippen LogP contribution in [0.3, 0.4) is 0 Å². The van der Waals surface area contributed by atoms with Gasteiger partial charge in [-0.2, -0.15) is 0 Å². The Balaban J connectivity index is 1.54. The van der Waals surface area contributed by atoms with E-state index in [0.29, 0.717) is 5.92 Å². The second-order valence-corrected chi connectivity index (χ2v) is 8.42. The first kappa shape index (κ1) is 16.1. The molecule has 0 bridgehead atoms. The van der Waals surface area contributed by atoms with Gasteiger partial charge in [-0.1, -0.05) is 18.2 Å². The van der Waals surface area contributed by atoms with Crippen molar-refractivity contribution in [1.82, 2.24) is 9.80 Å². The van der Waals surface area contributed by atoms with E-state index < -0.39 is 0 Å². The first-order valence-electron chi connectivity index (χ1n) is 8.57. The average molecular weight is 344 g/mol. The molecular formula is C19H24N2O2S. The Labute approximate surface area is 147 Å². The Bertz CT molecular complexity index is 726. The second kappa shape index (κ2) is 6.14. The highest BCUT2D eigenvalue weighted by molar-refractivity contribution is 7.20. The van der Waals surface area contributed by atoms with Gasteiger partial charge in [-0.3, -0.25) is 4.79 Å². The fourth-order valence-corrected chi connectivity index (χ4v) is 5.54. The molecule has 3 heterocycles. The lowest BCUT2D eigenvalue weighted by molar-refractivity contribution is 0.0720. The molecule has 24 heavy (non-hydrogen) atoms. The molecule has 2 aliphatic rings. The summed E-state index contributed by atoms with van der Waals surface area (Å²) < 4.78 is 6.64. The number of thiophene rings is 1. The highest BCUT2D eigenvalue weighted by Crippen LogP contribution is 2.44. The van der Waals surface area contributed by atoms with Gasteiger partial charge in [0.2, 0.25) is 0 Å². The minimum atomic E-state index is 0.193. The van der Waals surface area contributed by atoms with Crippen molar-refractivity contribution in [2.45, 2.75) is 6.42 Å². The van der Waals surface area contributed by atoms with Crippen LogP contribution in [0.4, 0.5) is 0 Å². The molecule has 5 heteroatoms. The molecule has 2 saturated heterocycles. The van der Waals surface area contributed by atoms with Gasteiger partial charge in [-0.25, -0.2) is 0 Å². The van der Waals surface area contributed by atoms with E-state index in [-0.39, 0.29) is 11.3 Å². The number of methoxy groups -OCH3 is 1. The number of benzene rings is 1. The molecule has 2 aromatic rings. The lowest BCUT2D eigenvalue weighted by Crippen LogP contribution is -2.37. The van der Waals surface area contributed by atoms with E-state index in [0.717, 1.165) is 49.5 Å². The van der Waals surface area contributed by atoms with Gasteiger partial charge < -0.3 is 14.5 Å². The molecule has 2 aliphatic heterocycles. The van der Waals surface area contributed by atoms with Crippen molar-refractivity contribution in [1.29, 1.82) is 0 Å². The SMILES string of the molecule is COC[C@H]1CN(C)C[C@@]12CCN(C(=O)c1cc3ccccc3s1)C2. The predicted molar refractivity (Wildman–Crippen MR) is 97.6 cm³/mol. The predicted octanol–water partition coefficient (Wildman–Crippen LogP) is 2.94. The third-order valence-corrected chi connectivity index (χ3v) is 6.76. The quantitative estimate of drug-likeness (QED) is 0.858. The summed E-state index contributed by atoms with van der Waals surface area (Å²) >= 11 is 1.61. The van der Waals surface area contributed by atoms with Crippen LogP contribution in [-0.2, 0) is 4.74 Å². The number of hydrogen-bond acceptors (Lipinski definition) is 4.